The molecular formula is C12H12FN3O3S. The zero-order chi connectivity index (χ0) is 14.9. The van der Waals surface area contributed by atoms with Gasteiger partial charge < -0.3 is 9.67 Å². The first-order chi connectivity index (χ1) is 9.43. The normalized spacial score (nSPS) is 10.8. The molecule has 0 aliphatic heterocycles. The van der Waals surface area contributed by atoms with Gasteiger partial charge in [0.2, 0.25) is 0 Å². The van der Waals surface area contributed by atoms with E-state index in [9.17, 15) is 14.5 Å². The molecule has 106 valence electrons. The van der Waals surface area contributed by atoms with E-state index in [0.29, 0.717) is 21.3 Å². The van der Waals surface area contributed by atoms with Crippen LogP contribution in [0.3, 0.4) is 0 Å². The van der Waals surface area contributed by atoms with Gasteiger partial charge in [-0.3, -0.25) is 10.1 Å². The molecule has 1 aromatic heterocycles. The molecule has 20 heavy (non-hydrogen) atoms. The number of nitrogens with zero attached hydrogens (tertiary/aromatic N) is 3. The van der Waals surface area contributed by atoms with Gasteiger partial charge in [-0.05, 0) is 30.3 Å². The molecule has 6 nitrogen and oxygen atoms in total. The Balaban J connectivity index is 2.44. The summed E-state index contributed by atoms with van der Waals surface area (Å²) in [6.45, 7) is 1.37. The van der Waals surface area contributed by atoms with Gasteiger partial charge in [-0.2, -0.15) is 0 Å². The number of halogens is 1. The first-order valence-corrected chi connectivity index (χ1v) is 6.49. The van der Waals surface area contributed by atoms with Crippen molar-refractivity contribution < 1.29 is 14.4 Å². The second-order valence-corrected chi connectivity index (χ2v) is 5.19. The Morgan fingerprint density at radius 2 is 2.25 bits per heavy atom. The van der Waals surface area contributed by atoms with E-state index >= 15 is 0 Å². The summed E-state index contributed by atoms with van der Waals surface area (Å²) >= 11 is 1.06. The Kier molecular flexibility index (Phi) is 4.05. The maximum atomic E-state index is 13.4. The lowest BCUT2D eigenvalue weighted by atomic mass is 10.2. The Bertz CT molecular complexity index is 672. The van der Waals surface area contributed by atoms with Crippen LogP contribution in [0.15, 0.2) is 28.4 Å². The number of nitro benzene ring substituents is 1. The molecule has 0 aliphatic rings. The third-order valence-electron chi connectivity index (χ3n) is 2.84. The van der Waals surface area contributed by atoms with Crippen LogP contribution in [0.5, 0.6) is 0 Å². The van der Waals surface area contributed by atoms with E-state index < -0.39 is 10.7 Å². The van der Waals surface area contributed by atoms with Gasteiger partial charge in [0.25, 0.3) is 5.69 Å². The lowest BCUT2D eigenvalue weighted by molar-refractivity contribution is -0.387. The summed E-state index contributed by atoms with van der Waals surface area (Å²) in [7, 11) is 1.70. The molecule has 2 rings (SSSR count). The van der Waals surface area contributed by atoms with Crippen LogP contribution in [0, 0.1) is 22.9 Å². The predicted octanol–water partition coefficient (Wildman–Crippen LogP) is 2.42. The highest BCUT2D eigenvalue weighted by Gasteiger charge is 2.20. The van der Waals surface area contributed by atoms with Crippen LogP contribution in [0.1, 0.15) is 11.3 Å². The molecule has 0 saturated carbocycles. The van der Waals surface area contributed by atoms with Crippen molar-refractivity contribution in [2.45, 2.75) is 23.6 Å². The predicted molar refractivity (Wildman–Crippen MR) is 71.0 cm³/mol. The van der Waals surface area contributed by atoms with Crippen molar-refractivity contribution >= 4 is 17.4 Å². The average Bonchev–Trinajstić information content (AvgIpc) is 2.74. The molecule has 0 atom stereocenters. The van der Waals surface area contributed by atoms with Crippen LogP contribution in [0.4, 0.5) is 10.1 Å². The van der Waals surface area contributed by atoms with Crippen molar-refractivity contribution in [3.8, 4) is 0 Å². The number of aryl methyl sites for hydroxylation is 1. The summed E-state index contributed by atoms with van der Waals surface area (Å²) in [6.07, 6.45) is 1.49. The van der Waals surface area contributed by atoms with E-state index in [2.05, 4.69) is 4.98 Å². The molecule has 0 radical (unpaired) electrons. The molecule has 0 amide bonds. The van der Waals surface area contributed by atoms with Gasteiger partial charge in [0.05, 0.1) is 34.4 Å². The molecule has 0 saturated heterocycles. The molecule has 0 fully saturated rings. The van der Waals surface area contributed by atoms with Gasteiger partial charge in [0.1, 0.15) is 5.82 Å². The molecule has 8 heteroatoms. The van der Waals surface area contributed by atoms with Crippen molar-refractivity contribution in [3.05, 3.63) is 45.5 Å². The van der Waals surface area contributed by atoms with E-state index in [4.69, 9.17) is 5.11 Å². The molecule has 0 bridgehead atoms. The minimum atomic E-state index is -0.624. The third-order valence-corrected chi connectivity index (χ3v) is 3.95. The quantitative estimate of drug-likeness (QED) is 0.692. The molecule has 1 heterocycles. The lowest BCUT2D eigenvalue weighted by Crippen LogP contribution is -1.99. The summed E-state index contributed by atoms with van der Waals surface area (Å²) in [6, 6.07) is 2.33. The smallest absolute Gasteiger partial charge is 0.286 e. The van der Waals surface area contributed by atoms with Crippen molar-refractivity contribution in [2.24, 2.45) is 7.05 Å². The summed E-state index contributed by atoms with van der Waals surface area (Å²) in [5.41, 5.74) is 0.621. The number of nitro groups is 1. The summed E-state index contributed by atoms with van der Waals surface area (Å²) in [5, 5.41) is 20.6. The fourth-order valence-electron chi connectivity index (χ4n) is 1.63. The molecule has 0 aliphatic carbocycles. The highest BCUT2D eigenvalue weighted by Crippen LogP contribution is 2.35. The maximum Gasteiger partial charge on any atom is 0.286 e. The molecule has 2 aromatic rings. The monoisotopic (exact) mass is 297 g/mol. The van der Waals surface area contributed by atoms with E-state index in [1.54, 1.807) is 18.5 Å². The van der Waals surface area contributed by atoms with E-state index in [1.165, 1.54) is 12.3 Å². The van der Waals surface area contributed by atoms with Crippen molar-refractivity contribution in [1.29, 1.82) is 0 Å². The standard InChI is InChI=1S/C12H12FN3O3S/c1-7-3-11(10(16(18)19)4-9(7)13)20-12-14-5-8(6-17)15(12)2/h3-5,17H,6H2,1-2H3. The van der Waals surface area contributed by atoms with E-state index in [-0.39, 0.29) is 12.3 Å². The summed E-state index contributed by atoms with van der Waals surface area (Å²) in [5.74, 6) is -0.614. The van der Waals surface area contributed by atoms with Crippen LogP contribution in [-0.4, -0.2) is 19.6 Å². The SMILES string of the molecule is Cc1cc(Sc2ncc(CO)n2C)c([N+](=O)[O-])cc1F. The second kappa shape index (κ2) is 5.59. The van der Waals surface area contributed by atoms with Crippen LogP contribution < -0.4 is 0 Å². The van der Waals surface area contributed by atoms with Crippen LogP contribution in [-0.2, 0) is 13.7 Å². The number of hydrogen-bond acceptors (Lipinski definition) is 5. The molecule has 1 N–H and O–H groups in total. The number of aromatic nitrogens is 2. The Morgan fingerprint density at radius 1 is 1.55 bits per heavy atom. The Labute approximate surface area is 118 Å². The topological polar surface area (TPSA) is 81.2 Å². The number of aliphatic hydroxyl groups excluding tert-OH is 1. The average molecular weight is 297 g/mol. The molecular weight excluding hydrogens is 285 g/mol. The van der Waals surface area contributed by atoms with Gasteiger partial charge in [-0.15, -0.1) is 0 Å². The zero-order valence-corrected chi connectivity index (χ0v) is 11.6. The van der Waals surface area contributed by atoms with Crippen molar-refractivity contribution in [2.75, 3.05) is 0 Å². The molecule has 0 spiro atoms. The van der Waals surface area contributed by atoms with E-state index in [0.717, 1.165) is 17.8 Å². The van der Waals surface area contributed by atoms with Gasteiger partial charge in [-0.1, -0.05) is 0 Å². The fraction of sp³-hybridized carbons (Fsp3) is 0.250. The number of hydrogen-bond donors (Lipinski definition) is 1. The fourth-order valence-corrected chi connectivity index (χ4v) is 2.66. The van der Waals surface area contributed by atoms with Crippen LogP contribution >= 0.6 is 11.8 Å². The lowest BCUT2D eigenvalue weighted by Gasteiger charge is -2.06. The van der Waals surface area contributed by atoms with E-state index in [1.807, 2.05) is 0 Å². The Hall–Kier alpha value is -1.93. The highest BCUT2D eigenvalue weighted by molar-refractivity contribution is 7.99. The number of rotatable bonds is 4. The minimum absolute atomic E-state index is 0.172. The highest BCUT2D eigenvalue weighted by atomic mass is 32.2. The zero-order valence-electron chi connectivity index (χ0n) is 10.8. The first kappa shape index (κ1) is 14.5. The van der Waals surface area contributed by atoms with Gasteiger partial charge in [0.15, 0.2) is 5.16 Å². The van der Waals surface area contributed by atoms with Gasteiger partial charge in [0, 0.05) is 7.05 Å². The van der Waals surface area contributed by atoms with Crippen LogP contribution in [0.25, 0.3) is 0 Å². The summed E-state index contributed by atoms with van der Waals surface area (Å²) < 4.78 is 15.1. The maximum absolute atomic E-state index is 13.4. The van der Waals surface area contributed by atoms with Crippen molar-refractivity contribution in [1.82, 2.24) is 9.55 Å². The van der Waals surface area contributed by atoms with Gasteiger partial charge in [-0.25, -0.2) is 9.37 Å². The minimum Gasteiger partial charge on any atom is -0.390 e. The van der Waals surface area contributed by atoms with Crippen LogP contribution in [0.2, 0.25) is 0 Å². The van der Waals surface area contributed by atoms with Crippen molar-refractivity contribution in [3.63, 3.8) is 0 Å². The Morgan fingerprint density at radius 3 is 2.80 bits per heavy atom. The number of imidazole rings is 1. The second-order valence-electron chi connectivity index (χ2n) is 4.18. The third kappa shape index (κ3) is 2.66. The molecule has 1 aromatic carbocycles. The number of benzene rings is 1. The van der Waals surface area contributed by atoms with Gasteiger partial charge >= 0.3 is 0 Å². The molecule has 0 unspecified atom stereocenters. The largest absolute Gasteiger partial charge is 0.390 e. The number of aliphatic hydroxyl groups is 1. The first-order valence-electron chi connectivity index (χ1n) is 5.68. The summed E-state index contributed by atoms with van der Waals surface area (Å²) in [4.78, 5) is 14.8.